The van der Waals surface area contributed by atoms with E-state index in [-0.39, 0.29) is 5.56 Å². The molecular weight excluding hydrogens is 324 g/mol. The fourth-order valence-electron chi connectivity index (χ4n) is 2.58. The van der Waals surface area contributed by atoms with Crippen molar-refractivity contribution in [3.8, 4) is 0 Å². The highest BCUT2D eigenvalue weighted by Gasteiger charge is 2.05. The molecular formula is C18H13ClN4O. The van der Waals surface area contributed by atoms with Crippen LogP contribution in [0.1, 0.15) is 5.56 Å². The molecule has 5 nitrogen and oxygen atoms in total. The standard InChI is InChI=1S/C18H13ClN4O/c19-13-5-6-14-11(8-13)7-12(18(24)23-14)9-21-17-10-20-15-3-1-2-4-16(15)22-17/h1-8,10H,9H2,(H,21,22)(H,23,24). The Kier molecular flexibility index (Phi) is 3.63. The van der Waals surface area contributed by atoms with Gasteiger partial charge in [-0.1, -0.05) is 23.7 Å². The Morgan fingerprint density at radius 1 is 1.08 bits per heavy atom. The second kappa shape index (κ2) is 5.94. The highest BCUT2D eigenvalue weighted by Crippen LogP contribution is 2.18. The van der Waals surface area contributed by atoms with Gasteiger partial charge in [0.15, 0.2) is 0 Å². The molecule has 0 fully saturated rings. The number of hydrogen-bond donors (Lipinski definition) is 2. The van der Waals surface area contributed by atoms with E-state index in [0.717, 1.165) is 21.9 Å². The van der Waals surface area contributed by atoms with Crippen molar-refractivity contribution >= 4 is 39.4 Å². The third-order valence-electron chi connectivity index (χ3n) is 3.79. The van der Waals surface area contributed by atoms with E-state index in [2.05, 4.69) is 20.3 Å². The number of halogens is 1. The first-order valence-corrected chi connectivity index (χ1v) is 7.84. The summed E-state index contributed by atoms with van der Waals surface area (Å²) in [7, 11) is 0. The van der Waals surface area contributed by atoms with Crippen LogP contribution in [0.3, 0.4) is 0 Å². The van der Waals surface area contributed by atoms with Gasteiger partial charge < -0.3 is 10.3 Å². The van der Waals surface area contributed by atoms with Gasteiger partial charge in [-0.05, 0) is 36.4 Å². The SMILES string of the molecule is O=c1[nH]c2ccc(Cl)cc2cc1CNc1cnc2ccccc2n1. The number of nitrogens with one attached hydrogen (secondary N) is 2. The van der Waals surface area contributed by atoms with Crippen molar-refractivity contribution in [2.45, 2.75) is 6.54 Å². The molecule has 2 aromatic carbocycles. The molecule has 2 aromatic heterocycles. The predicted octanol–water partition coefficient (Wildman–Crippen LogP) is 3.74. The Bertz CT molecular complexity index is 1110. The molecule has 4 rings (SSSR count). The molecule has 118 valence electrons. The van der Waals surface area contributed by atoms with Crippen molar-refractivity contribution in [2.75, 3.05) is 5.32 Å². The highest BCUT2D eigenvalue weighted by atomic mass is 35.5. The largest absolute Gasteiger partial charge is 0.364 e. The van der Waals surface area contributed by atoms with Crippen molar-refractivity contribution in [3.63, 3.8) is 0 Å². The Hall–Kier alpha value is -2.92. The molecule has 0 aliphatic rings. The second-order valence-corrected chi connectivity index (χ2v) is 5.89. The molecule has 0 unspecified atom stereocenters. The quantitative estimate of drug-likeness (QED) is 0.598. The maximum Gasteiger partial charge on any atom is 0.253 e. The lowest BCUT2D eigenvalue weighted by atomic mass is 10.1. The van der Waals surface area contributed by atoms with E-state index in [0.29, 0.717) is 22.9 Å². The van der Waals surface area contributed by atoms with Crippen LogP contribution in [0.4, 0.5) is 5.82 Å². The predicted molar refractivity (Wildman–Crippen MR) is 96.4 cm³/mol. The van der Waals surface area contributed by atoms with Crippen LogP contribution in [0.15, 0.2) is 59.5 Å². The molecule has 0 saturated carbocycles. The summed E-state index contributed by atoms with van der Waals surface area (Å²) in [5.41, 5.74) is 2.88. The molecule has 0 aliphatic carbocycles. The summed E-state index contributed by atoms with van der Waals surface area (Å²) >= 11 is 6.01. The van der Waals surface area contributed by atoms with Gasteiger partial charge in [0, 0.05) is 28.0 Å². The van der Waals surface area contributed by atoms with Crippen molar-refractivity contribution in [1.29, 1.82) is 0 Å². The summed E-state index contributed by atoms with van der Waals surface area (Å²) in [5, 5.41) is 4.67. The minimum Gasteiger partial charge on any atom is -0.364 e. The number of pyridine rings is 1. The fraction of sp³-hybridized carbons (Fsp3) is 0.0556. The molecule has 0 aliphatic heterocycles. The first-order chi connectivity index (χ1) is 11.7. The third-order valence-corrected chi connectivity index (χ3v) is 4.03. The van der Waals surface area contributed by atoms with Gasteiger partial charge >= 0.3 is 0 Å². The van der Waals surface area contributed by atoms with E-state index in [1.54, 1.807) is 18.3 Å². The molecule has 0 atom stereocenters. The molecule has 0 amide bonds. The molecule has 0 saturated heterocycles. The monoisotopic (exact) mass is 336 g/mol. The molecule has 2 heterocycles. The van der Waals surface area contributed by atoms with Gasteiger partial charge in [0.2, 0.25) is 0 Å². The lowest BCUT2D eigenvalue weighted by Crippen LogP contribution is -2.16. The number of H-pyrrole nitrogens is 1. The van der Waals surface area contributed by atoms with E-state index in [9.17, 15) is 4.79 Å². The Morgan fingerprint density at radius 2 is 1.92 bits per heavy atom. The number of hydrogen-bond acceptors (Lipinski definition) is 4. The number of fused-ring (bicyclic) bond motifs is 2. The summed E-state index contributed by atoms with van der Waals surface area (Å²) in [6.45, 7) is 0.352. The number of benzene rings is 2. The minimum atomic E-state index is -0.133. The van der Waals surface area contributed by atoms with Gasteiger partial charge in [0.25, 0.3) is 5.56 Å². The molecule has 4 aromatic rings. The molecule has 2 N–H and O–H groups in total. The summed E-state index contributed by atoms with van der Waals surface area (Å²) in [4.78, 5) is 23.9. The van der Waals surface area contributed by atoms with E-state index in [1.165, 1.54) is 0 Å². The van der Waals surface area contributed by atoms with Gasteiger partial charge in [-0.2, -0.15) is 0 Å². The average Bonchev–Trinajstić information content (AvgIpc) is 2.60. The summed E-state index contributed by atoms with van der Waals surface area (Å²) in [6, 6.07) is 14.9. The van der Waals surface area contributed by atoms with Crippen LogP contribution in [0, 0.1) is 0 Å². The van der Waals surface area contributed by atoms with Gasteiger partial charge in [-0.25, -0.2) is 4.98 Å². The van der Waals surface area contributed by atoms with Crippen molar-refractivity contribution in [2.24, 2.45) is 0 Å². The summed E-state index contributed by atoms with van der Waals surface area (Å²) in [5.74, 6) is 0.624. The van der Waals surface area contributed by atoms with Crippen LogP contribution in [-0.4, -0.2) is 15.0 Å². The topological polar surface area (TPSA) is 70.7 Å². The fourth-order valence-corrected chi connectivity index (χ4v) is 2.76. The van der Waals surface area contributed by atoms with E-state index in [4.69, 9.17) is 11.6 Å². The number of aromatic amines is 1. The van der Waals surface area contributed by atoms with E-state index < -0.39 is 0 Å². The first-order valence-electron chi connectivity index (χ1n) is 7.46. The van der Waals surface area contributed by atoms with Crippen LogP contribution in [0.25, 0.3) is 21.9 Å². The third kappa shape index (κ3) is 2.81. The zero-order chi connectivity index (χ0) is 16.5. The van der Waals surface area contributed by atoms with Crippen molar-refractivity contribution in [1.82, 2.24) is 15.0 Å². The molecule has 0 bridgehead atoms. The summed E-state index contributed by atoms with van der Waals surface area (Å²) in [6.07, 6.45) is 1.66. The first kappa shape index (κ1) is 14.7. The number of nitrogens with zero attached hydrogens (tertiary/aromatic N) is 2. The van der Waals surface area contributed by atoms with Crippen LogP contribution >= 0.6 is 11.6 Å². The molecule has 24 heavy (non-hydrogen) atoms. The van der Waals surface area contributed by atoms with Gasteiger partial charge in [0.1, 0.15) is 5.82 Å². The molecule has 0 spiro atoms. The van der Waals surface area contributed by atoms with Crippen LogP contribution in [-0.2, 0) is 6.54 Å². The molecule has 6 heteroatoms. The Morgan fingerprint density at radius 3 is 2.79 bits per heavy atom. The Balaban J connectivity index is 1.63. The van der Waals surface area contributed by atoms with Crippen LogP contribution in [0.5, 0.6) is 0 Å². The lowest BCUT2D eigenvalue weighted by molar-refractivity contribution is 1.07. The zero-order valence-electron chi connectivity index (χ0n) is 12.6. The second-order valence-electron chi connectivity index (χ2n) is 5.45. The number of aromatic nitrogens is 3. The van der Waals surface area contributed by atoms with Gasteiger partial charge in [-0.15, -0.1) is 0 Å². The number of anilines is 1. The van der Waals surface area contributed by atoms with Gasteiger partial charge in [-0.3, -0.25) is 9.78 Å². The number of rotatable bonds is 3. The van der Waals surface area contributed by atoms with Crippen LogP contribution < -0.4 is 10.9 Å². The Labute approximate surface area is 142 Å². The normalized spacial score (nSPS) is 11.0. The maximum absolute atomic E-state index is 12.2. The lowest BCUT2D eigenvalue weighted by Gasteiger charge is -2.07. The molecule has 0 radical (unpaired) electrons. The number of para-hydroxylation sites is 2. The van der Waals surface area contributed by atoms with Gasteiger partial charge in [0.05, 0.1) is 17.2 Å². The smallest absolute Gasteiger partial charge is 0.253 e. The zero-order valence-corrected chi connectivity index (χ0v) is 13.3. The average molecular weight is 337 g/mol. The minimum absolute atomic E-state index is 0.133. The van der Waals surface area contributed by atoms with E-state index in [1.807, 2.05) is 36.4 Å². The highest BCUT2D eigenvalue weighted by molar-refractivity contribution is 6.31. The van der Waals surface area contributed by atoms with Crippen molar-refractivity contribution < 1.29 is 0 Å². The van der Waals surface area contributed by atoms with E-state index >= 15 is 0 Å². The summed E-state index contributed by atoms with van der Waals surface area (Å²) < 4.78 is 0. The van der Waals surface area contributed by atoms with Crippen molar-refractivity contribution in [3.05, 3.63) is 75.7 Å². The maximum atomic E-state index is 12.2. The van der Waals surface area contributed by atoms with Crippen LogP contribution in [0.2, 0.25) is 5.02 Å².